The van der Waals surface area contributed by atoms with Crippen LogP contribution < -0.4 is 4.74 Å². The third-order valence-corrected chi connectivity index (χ3v) is 3.29. The molecule has 1 aromatic heterocycles. The van der Waals surface area contributed by atoms with Crippen molar-refractivity contribution in [1.29, 1.82) is 0 Å². The summed E-state index contributed by atoms with van der Waals surface area (Å²) in [4.78, 5) is 0. The molecule has 2 aromatic rings. The average molecular weight is 281 g/mol. The van der Waals surface area contributed by atoms with E-state index in [1.165, 1.54) is 0 Å². The van der Waals surface area contributed by atoms with Crippen LogP contribution in [0.5, 0.6) is 5.75 Å². The number of ether oxygens (including phenoxy) is 1. The number of aromatic nitrogens is 2. The molecule has 1 heterocycles. The maximum Gasteiger partial charge on any atom is 0.126 e. The summed E-state index contributed by atoms with van der Waals surface area (Å²) in [5.74, 6) is 0.596. The first kappa shape index (κ1) is 13.9. The molecule has 2 rings (SSSR count). The van der Waals surface area contributed by atoms with Crippen molar-refractivity contribution in [2.75, 3.05) is 7.11 Å². The summed E-state index contributed by atoms with van der Waals surface area (Å²) < 4.78 is 7.03. The second-order valence-electron chi connectivity index (χ2n) is 4.51. The lowest BCUT2D eigenvalue weighted by molar-refractivity contribution is 0.171. The zero-order valence-corrected chi connectivity index (χ0v) is 12.0. The van der Waals surface area contributed by atoms with E-state index in [1.807, 2.05) is 20.0 Å². The van der Waals surface area contributed by atoms with E-state index in [1.54, 1.807) is 30.0 Å². The zero-order valence-electron chi connectivity index (χ0n) is 11.2. The number of hydrogen-bond donors (Lipinski definition) is 1. The molecule has 4 nitrogen and oxygen atoms in total. The van der Waals surface area contributed by atoms with Crippen molar-refractivity contribution >= 4 is 11.6 Å². The number of aliphatic hydroxyl groups excluding tert-OH is 1. The van der Waals surface area contributed by atoms with Gasteiger partial charge in [-0.15, -0.1) is 0 Å². The lowest BCUT2D eigenvalue weighted by atomic mass is 10.0. The molecule has 5 heteroatoms. The van der Waals surface area contributed by atoms with Crippen LogP contribution in [0.15, 0.2) is 24.3 Å². The molecule has 1 unspecified atom stereocenters. The van der Waals surface area contributed by atoms with Crippen molar-refractivity contribution in [1.82, 2.24) is 9.78 Å². The molecular formula is C14H17ClN2O2. The molecule has 0 fully saturated rings. The summed E-state index contributed by atoms with van der Waals surface area (Å²) in [5.41, 5.74) is 2.64. The first-order valence-electron chi connectivity index (χ1n) is 6.02. The van der Waals surface area contributed by atoms with Crippen LogP contribution in [0, 0.1) is 6.92 Å². The summed E-state index contributed by atoms with van der Waals surface area (Å²) in [6, 6.07) is 7.20. The number of nitrogens with zero attached hydrogens (tertiary/aromatic N) is 2. The van der Waals surface area contributed by atoms with Gasteiger partial charge in [-0.25, -0.2) is 0 Å². The number of benzene rings is 1. The molecule has 19 heavy (non-hydrogen) atoms. The fourth-order valence-electron chi connectivity index (χ4n) is 2.12. The number of hydrogen-bond acceptors (Lipinski definition) is 3. The van der Waals surface area contributed by atoms with Gasteiger partial charge in [0.05, 0.1) is 18.9 Å². The molecule has 0 aliphatic heterocycles. The Morgan fingerprint density at radius 3 is 2.74 bits per heavy atom. The van der Waals surface area contributed by atoms with Crippen LogP contribution in [0.2, 0.25) is 5.02 Å². The largest absolute Gasteiger partial charge is 0.496 e. The van der Waals surface area contributed by atoms with Crippen LogP contribution >= 0.6 is 11.6 Å². The van der Waals surface area contributed by atoms with Gasteiger partial charge in [-0.1, -0.05) is 17.7 Å². The van der Waals surface area contributed by atoms with Crippen LogP contribution in [0.3, 0.4) is 0 Å². The summed E-state index contributed by atoms with van der Waals surface area (Å²) in [7, 11) is 3.43. The Kier molecular flexibility index (Phi) is 4.12. The molecule has 0 amide bonds. The Morgan fingerprint density at radius 2 is 2.16 bits per heavy atom. The van der Waals surface area contributed by atoms with E-state index in [2.05, 4.69) is 5.10 Å². The Labute approximate surface area is 117 Å². The maximum atomic E-state index is 10.3. The van der Waals surface area contributed by atoms with Gasteiger partial charge >= 0.3 is 0 Å². The minimum absolute atomic E-state index is 0.481. The fourth-order valence-corrected chi connectivity index (χ4v) is 2.29. The average Bonchev–Trinajstić information content (AvgIpc) is 2.67. The van der Waals surface area contributed by atoms with Gasteiger partial charge in [-0.05, 0) is 25.1 Å². The monoisotopic (exact) mass is 280 g/mol. The minimum atomic E-state index is -0.651. The maximum absolute atomic E-state index is 10.3. The van der Waals surface area contributed by atoms with Crippen LogP contribution in [-0.2, 0) is 13.5 Å². The van der Waals surface area contributed by atoms with E-state index in [9.17, 15) is 5.11 Å². The predicted molar refractivity (Wildman–Crippen MR) is 74.6 cm³/mol. The highest BCUT2D eigenvalue weighted by Gasteiger charge is 2.16. The van der Waals surface area contributed by atoms with E-state index in [0.717, 1.165) is 17.0 Å². The van der Waals surface area contributed by atoms with Gasteiger partial charge < -0.3 is 9.84 Å². The summed E-state index contributed by atoms with van der Waals surface area (Å²) >= 11 is 5.91. The second-order valence-corrected chi connectivity index (χ2v) is 4.94. The highest BCUT2D eigenvalue weighted by molar-refractivity contribution is 6.30. The van der Waals surface area contributed by atoms with Crippen molar-refractivity contribution in [3.05, 3.63) is 46.2 Å². The molecule has 0 saturated heterocycles. The molecule has 1 N–H and O–H groups in total. The molecule has 0 aliphatic rings. The molecule has 0 aliphatic carbocycles. The van der Waals surface area contributed by atoms with E-state index < -0.39 is 6.10 Å². The van der Waals surface area contributed by atoms with Crippen molar-refractivity contribution < 1.29 is 9.84 Å². The van der Waals surface area contributed by atoms with Crippen molar-refractivity contribution in [3.63, 3.8) is 0 Å². The number of rotatable bonds is 4. The smallest absolute Gasteiger partial charge is 0.126 e. The number of aliphatic hydroxyl groups is 1. The first-order valence-corrected chi connectivity index (χ1v) is 6.40. The molecule has 0 spiro atoms. The molecule has 1 atom stereocenters. The molecule has 0 bridgehead atoms. The SMILES string of the molecule is COc1cc(Cl)ccc1C(O)Cc1cc(C)nn1C. The third-order valence-electron chi connectivity index (χ3n) is 3.06. The van der Waals surface area contributed by atoms with Gasteiger partial charge in [0, 0.05) is 29.7 Å². The van der Waals surface area contributed by atoms with Gasteiger partial charge in [0.15, 0.2) is 0 Å². The van der Waals surface area contributed by atoms with Crippen molar-refractivity contribution in [2.24, 2.45) is 7.05 Å². The van der Waals surface area contributed by atoms with Gasteiger partial charge in [-0.3, -0.25) is 4.68 Å². The van der Waals surface area contributed by atoms with Crippen molar-refractivity contribution in [3.8, 4) is 5.75 Å². The quantitative estimate of drug-likeness (QED) is 0.937. The molecule has 102 valence electrons. The Balaban J connectivity index is 2.24. The Morgan fingerprint density at radius 1 is 1.42 bits per heavy atom. The second kappa shape index (κ2) is 5.63. The van der Waals surface area contributed by atoms with Crippen LogP contribution in [0.4, 0.5) is 0 Å². The van der Waals surface area contributed by atoms with Gasteiger partial charge in [0.25, 0.3) is 0 Å². The Bertz CT molecular complexity index is 581. The van der Waals surface area contributed by atoms with E-state index >= 15 is 0 Å². The number of methoxy groups -OCH3 is 1. The van der Waals surface area contributed by atoms with Crippen LogP contribution in [-0.4, -0.2) is 22.0 Å². The minimum Gasteiger partial charge on any atom is -0.496 e. The normalized spacial score (nSPS) is 12.5. The Hall–Kier alpha value is -1.52. The number of aryl methyl sites for hydroxylation is 2. The highest BCUT2D eigenvalue weighted by Crippen LogP contribution is 2.30. The molecule has 1 aromatic carbocycles. The summed E-state index contributed by atoms with van der Waals surface area (Å²) in [6.07, 6.45) is -0.169. The topological polar surface area (TPSA) is 47.3 Å². The van der Waals surface area contributed by atoms with Gasteiger partial charge in [-0.2, -0.15) is 5.10 Å². The highest BCUT2D eigenvalue weighted by atomic mass is 35.5. The lowest BCUT2D eigenvalue weighted by Gasteiger charge is -2.15. The third kappa shape index (κ3) is 3.08. The molecule has 0 radical (unpaired) electrons. The lowest BCUT2D eigenvalue weighted by Crippen LogP contribution is -2.07. The van der Waals surface area contributed by atoms with Crippen molar-refractivity contribution in [2.45, 2.75) is 19.4 Å². The fraction of sp³-hybridized carbons (Fsp3) is 0.357. The van der Waals surface area contributed by atoms with Crippen LogP contribution in [0.25, 0.3) is 0 Å². The predicted octanol–water partition coefficient (Wildman–Crippen LogP) is 2.67. The zero-order chi connectivity index (χ0) is 14.0. The standard InChI is InChI=1S/C14H17ClN2O2/c1-9-6-11(17(2)16-9)8-13(18)12-5-4-10(15)7-14(12)19-3/h4-7,13,18H,8H2,1-3H3. The van der Waals surface area contributed by atoms with Gasteiger partial charge in [0.1, 0.15) is 5.75 Å². The number of halogens is 1. The molecular weight excluding hydrogens is 264 g/mol. The summed E-state index contributed by atoms with van der Waals surface area (Å²) in [5, 5.41) is 15.2. The first-order chi connectivity index (χ1) is 9.01. The summed E-state index contributed by atoms with van der Waals surface area (Å²) in [6.45, 7) is 1.93. The molecule has 0 saturated carbocycles. The van der Waals surface area contributed by atoms with E-state index in [-0.39, 0.29) is 0 Å². The van der Waals surface area contributed by atoms with E-state index in [0.29, 0.717) is 17.2 Å². The van der Waals surface area contributed by atoms with E-state index in [4.69, 9.17) is 16.3 Å². The van der Waals surface area contributed by atoms with Crippen LogP contribution in [0.1, 0.15) is 23.1 Å². The van der Waals surface area contributed by atoms with Gasteiger partial charge in [0.2, 0.25) is 0 Å².